The van der Waals surface area contributed by atoms with Crippen LogP contribution in [0.1, 0.15) is 25.8 Å². The summed E-state index contributed by atoms with van der Waals surface area (Å²) in [6, 6.07) is 8.86. The number of hydrogen-bond donors (Lipinski definition) is 3. The van der Waals surface area contributed by atoms with E-state index in [1.807, 2.05) is 37.3 Å². The molecule has 3 N–H and O–H groups in total. The van der Waals surface area contributed by atoms with Crippen molar-refractivity contribution in [2.45, 2.75) is 26.3 Å². The quantitative estimate of drug-likeness (QED) is 0.634. The highest BCUT2D eigenvalue weighted by Crippen LogP contribution is 2.01. The second kappa shape index (κ2) is 9.73. The van der Waals surface area contributed by atoms with Crippen LogP contribution in [0.2, 0.25) is 0 Å². The topological polar surface area (TPSA) is 78.4 Å². The van der Waals surface area contributed by atoms with Gasteiger partial charge in [-0.15, -0.1) is 0 Å². The number of hydrogen-bond acceptors (Lipinski definition) is 3. The van der Waals surface area contributed by atoms with E-state index < -0.39 is 6.04 Å². The molecule has 0 saturated carbocycles. The van der Waals surface area contributed by atoms with Crippen LogP contribution in [0.5, 0.6) is 0 Å². The molecule has 5 heteroatoms. The maximum atomic E-state index is 11.8. The van der Waals surface area contributed by atoms with E-state index in [9.17, 15) is 9.59 Å². The van der Waals surface area contributed by atoms with Crippen molar-refractivity contribution in [1.29, 1.82) is 0 Å². The lowest BCUT2D eigenvalue weighted by Gasteiger charge is -2.15. The van der Waals surface area contributed by atoms with Gasteiger partial charge in [0.25, 0.3) is 0 Å². The minimum absolute atomic E-state index is 0.105. The van der Waals surface area contributed by atoms with Gasteiger partial charge in [-0.05, 0) is 30.9 Å². The second-order valence-corrected chi connectivity index (χ2v) is 5.34. The summed E-state index contributed by atoms with van der Waals surface area (Å²) in [5.74, 6) is -0.337. The summed E-state index contributed by atoms with van der Waals surface area (Å²) in [4.78, 5) is 23.6. The molecular formula is C17H24N2O3. The Morgan fingerprint density at radius 1 is 1.23 bits per heavy atom. The smallest absolute Gasteiger partial charge is 0.244 e. The molecule has 0 heterocycles. The molecule has 22 heavy (non-hydrogen) atoms. The van der Waals surface area contributed by atoms with Gasteiger partial charge in [0.1, 0.15) is 6.04 Å². The average molecular weight is 304 g/mol. The van der Waals surface area contributed by atoms with Crippen LogP contribution in [-0.2, 0) is 9.59 Å². The van der Waals surface area contributed by atoms with Crippen molar-refractivity contribution in [2.75, 3.05) is 13.2 Å². The first-order valence-electron chi connectivity index (χ1n) is 7.45. The molecule has 0 spiro atoms. The maximum absolute atomic E-state index is 11.8. The number of aliphatic hydroxyl groups is 1. The summed E-state index contributed by atoms with van der Waals surface area (Å²) < 4.78 is 0. The van der Waals surface area contributed by atoms with Crippen molar-refractivity contribution in [1.82, 2.24) is 10.6 Å². The van der Waals surface area contributed by atoms with E-state index in [1.54, 1.807) is 13.0 Å². The van der Waals surface area contributed by atoms with Gasteiger partial charge in [-0.2, -0.15) is 0 Å². The molecule has 0 fully saturated rings. The Labute approximate surface area is 131 Å². The van der Waals surface area contributed by atoms with Gasteiger partial charge in [0.15, 0.2) is 0 Å². The summed E-state index contributed by atoms with van der Waals surface area (Å²) in [6.45, 7) is 4.18. The number of benzene rings is 1. The van der Waals surface area contributed by atoms with Crippen molar-refractivity contribution in [2.24, 2.45) is 5.92 Å². The zero-order valence-corrected chi connectivity index (χ0v) is 13.1. The van der Waals surface area contributed by atoms with Crippen LogP contribution in [0.15, 0.2) is 36.4 Å². The Hall–Kier alpha value is -2.14. The summed E-state index contributed by atoms with van der Waals surface area (Å²) in [5, 5.41) is 14.2. The van der Waals surface area contributed by atoms with Crippen LogP contribution in [0, 0.1) is 5.92 Å². The molecule has 2 atom stereocenters. The van der Waals surface area contributed by atoms with Gasteiger partial charge in [-0.3, -0.25) is 9.59 Å². The number of carbonyl (C=O) groups is 2. The van der Waals surface area contributed by atoms with Crippen LogP contribution in [0.25, 0.3) is 6.08 Å². The first-order valence-corrected chi connectivity index (χ1v) is 7.45. The van der Waals surface area contributed by atoms with E-state index in [4.69, 9.17) is 5.11 Å². The predicted molar refractivity (Wildman–Crippen MR) is 87.0 cm³/mol. The van der Waals surface area contributed by atoms with Crippen LogP contribution in [0.4, 0.5) is 0 Å². The fourth-order valence-electron chi connectivity index (χ4n) is 1.81. The lowest BCUT2D eigenvalue weighted by molar-refractivity contribution is -0.126. The third kappa shape index (κ3) is 7.04. The second-order valence-electron chi connectivity index (χ2n) is 5.34. The molecule has 5 nitrogen and oxygen atoms in total. The predicted octanol–water partition coefficient (Wildman–Crippen LogP) is 1.34. The zero-order valence-electron chi connectivity index (χ0n) is 13.1. The SMILES string of the molecule is CC(CCO)CNC(=O)C(C)NC(=O)/C=C/c1ccccc1. The number of nitrogens with one attached hydrogen (secondary N) is 2. The highest BCUT2D eigenvalue weighted by atomic mass is 16.3. The Morgan fingerprint density at radius 3 is 2.55 bits per heavy atom. The first-order chi connectivity index (χ1) is 10.5. The molecule has 0 aliphatic rings. The Morgan fingerprint density at radius 2 is 1.91 bits per heavy atom. The molecule has 2 unspecified atom stereocenters. The van der Waals surface area contributed by atoms with E-state index in [1.165, 1.54) is 6.08 Å². The van der Waals surface area contributed by atoms with Crippen molar-refractivity contribution < 1.29 is 14.7 Å². The lowest BCUT2D eigenvalue weighted by atomic mass is 10.1. The number of carbonyl (C=O) groups excluding carboxylic acids is 2. The van der Waals surface area contributed by atoms with Gasteiger partial charge in [0, 0.05) is 19.2 Å². The van der Waals surface area contributed by atoms with Crippen LogP contribution >= 0.6 is 0 Å². The number of rotatable bonds is 8. The highest BCUT2D eigenvalue weighted by molar-refractivity contribution is 5.95. The summed E-state index contributed by atoms with van der Waals surface area (Å²) in [5.41, 5.74) is 0.924. The fourth-order valence-corrected chi connectivity index (χ4v) is 1.81. The van der Waals surface area contributed by atoms with Gasteiger partial charge in [-0.1, -0.05) is 37.3 Å². The van der Waals surface area contributed by atoms with Crippen molar-refractivity contribution >= 4 is 17.9 Å². The number of aliphatic hydroxyl groups excluding tert-OH is 1. The van der Waals surface area contributed by atoms with E-state index in [2.05, 4.69) is 10.6 Å². The standard InChI is InChI=1S/C17H24N2O3/c1-13(10-11-20)12-18-17(22)14(2)19-16(21)9-8-15-6-4-3-5-7-15/h3-9,13-14,20H,10-12H2,1-2H3,(H,18,22)(H,19,21)/b9-8+. The minimum Gasteiger partial charge on any atom is -0.396 e. The van der Waals surface area contributed by atoms with Gasteiger partial charge < -0.3 is 15.7 Å². The molecule has 1 aromatic rings. The molecule has 0 aliphatic heterocycles. The average Bonchev–Trinajstić information content (AvgIpc) is 2.52. The molecule has 2 amide bonds. The number of amides is 2. The molecule has 1 aromatic carbocycles. The minimum atomic E-state index is -0.603. The van der Waals surface area contributed by atoms with Crippen LogP contribution < -0.4 is 10.6 Å². The molecule has 0 saturated heterocycles. The largest absolute Gasteiger partial charge is 0.396 e. The molecule has 120 valence electrons. The van der Waals surface area contributed by atoms with Gasteiger partial charge >= 0.3 is 0 Å². The summed E-state index contributed by atoms with van der Waals surface area (Å²) in [6.07, 6.45) is 3.75. The lowest BCUT2D eigenvalue weighted by Crippen LogP contribution is -2.45. The summed E-state index contributed by atoms with van der Waals surface area (Å²) >= 11 is 0. The normalized spacial score (nSPS) is 13.6. The Kier molecular flexibility index (Phi) is 7.92. The Bertz CT molecular complexity index is 500. The molecule has 0 aliphatic carbocycles. The van der Waals surface area contributed by atoms with E-state index in [-0.39, 0.29) is 24.3 Å². The molecular weight excluding hydrogens is 280 g/mol. The van der Waals surface area contributed by atoms with Crippen LogP contribution in [0.3, 0.4) is 0 Å². The molecule has 1 rings (SSSR count). The molecule has 0 aromatic heterocycles. The highest BCUT2D eigenvalue weighted by Gasteiger charge is 2.14. The van der Waals surface area contributed by atoms with Crippen molar-refractivity contribution in [3.63, 3.8) is 0 Å². The maximum Gasteiger partial charge on any atom is 0.244 e. The third-order valence-electron chi connectivity index (χ3n) is 3.23. The Balaban J connectivity index is 2.37. The van der Waals surface area contributed by atoms with Gasteiger partial charge in [0.05, 0.1) is 0 Å². The van der Waals surface area contributed by atoms with Crippen molar-refractivity contribution in [3.05, 3.63) is 42.0 Å². The van der Waals surface area contributed by atoms with Gasteiger partial charge in [0.2, 0.25) is 11.8 Å². The van der Waals surface area contributed by atoms with E-state index in [0.29, 0.717) is 13.0 Å². The fraction of sp³-hybridized carbons (Fsp3) is 0.412. The monoisotopic (exact) mass is 304 g/mol. The molecule has 0 radical (unpaired) electrons. The summed E-state index contributed by atoms with van der Waals surface area (Å²) in [7, 11) is 0. The van der Waals surface area contributed by atoms with E-state index >= 15 is 0 Å². The van der Waals surface area contributed by atoms with E-state index in [0.717, 1.165) is 5.56 Å². The zero-order chi connectivity index (χ0) is 16.4. The van der Waals surface area contributed by atoms with Crippen LogP contribution in [-0.4, -0.2) is 36.1 Å². The third-order valence-corrected chi connectivity index (χ3v) is 3.23. The first kappa shape index (κ1) is 17.9. The van der Waals surface area contributed by atoms with Gasteiger partial charge in [-0.25, -0.2) is 0 Å². The van der Waals surface area contributed by atoms with Crippen molar-refractivity contribution in [3.8, 4) is 0 Å². The molecule has 0 bridgehead atoms.